The van der Waals surface area contributed by atoms with E-state index in [-0.39, 0.29) is 30.6 Å². The molecule has 0 saturated heterocycles. The van der Waals surface area contributed by atoms with Gasteiger partial charge >= 0.3 is 6.03 Å². The molecule has 9 heteroatoms. The molecule has 0 spiro atoms. The van der Waals surface area contributed by atoms with Gasteiger partial charge in [-0.1, -0.05) is 37.3 Å². The van der Waals surface area contributed by atoms with E-state index in [1.54, 1.807) is 54.5 Å². The van der Waals surface area contributed by atoms with E-state index >= 15 is 0 Å². The van der Waals surface area contributed by atoms with Gasteiger partial charge in [-0.25, -0.2) is 4.79 Å². The SMILES string of the molecule is COc1ccc(NC(=O)Nc2ccc3c(c2)C(=O)N([C@H](C)CO)C[C@H](C)[C@@H](CN(C)Cc2ccccc2)O3)cc1. The number of amides is 3. The molecule has 4 rings (SSSR count). The third-order valence-corrected chi connectivity index (χ3v) is 7.06. The van der Waals surface area contributed by atoms with Gasteiger partial charge in [0.25, 0.3) is 5.91 Å². The first kappa shape index (κ1) is 28.9. The van der Waals surface area contributed by atoms with Crippen LogP contribution in [0.4, 0.5) is 16.2 Å². The summed E-state index contributed by atoms with van der Waals surface area (Å²) in [7, 11) is 3.63. The van der Waals surface area contributed by atoms with Crippen LogP contribution >= 0.6 is 0 Å². The van der Waals surface area contributed by atoms with Crippen molar-refractivity contribution < 1.29 is 24.2 Å². The molecule has 1 aliphatic rings. The number of methoxy groups -OCH3 is 1. The Morgan fingerprint density at radius 2 is 1.77 bits per heavy atom. The maximum Gasteiger partial charge on any atom is 0.323 e. The summed E-state index contributed by atoms with van der Waals surface area (Å²) in [5.74, 6) is 0.897. The zero-order valence-electron chi connectivity index (χ0n) is 23.5. The number of nitrogens with one attached hydrogen (secondary N) is 2. The van der Waals surface area contributed by atoms with Crippen molar-refractivity contribution in [3.8, 4) is 11.5 Å². The van der Waals surface area contributed by atoms with Crippen molar-refractivity contribution in [2.45, 2.75) is 32.5 Å². The van der Waals surface area contributed by atoms with E-state index in [2.05, 4.69) is 41.6 Å². The summed E-state index contributed by atoms with van der Waals surface area (Å²) in [6.07, 6.45) is -0.203. The fourth-order valence-corrected chi connectivity index (χ4v) is 4.75. The van der Waals surface area contributed by atoms with Gasteiger partial charge in [-0.15, -0.1) is 0 Å². The molecule has 1 aliphatic heterocycles. The van der Waals surface area contributed by atoms with Crippen LogP contribution in [0, 0.1) is 5.92 Å². The van der Waals surface area contributed by atoms with Gasteiger partial charge in [0.05, 0.1) is 25.3 Å². The number of ether oxygens (including phenoxy) is 2. The molecule has 3 aromatic carbocycles. The fourth-order valence-electron chi connectivity index (χ4n) is 4.75. The van der Waals surface area contributed by atoms with Crippen LogP contribution in [0.3, 0.4) is 0 Å². The number of carbonyl (C=O) groups excluding carboxylic acids is 2. The minimum absolute atomic E-state index is 0.0115. The summed E-state index contributed by atoms with van der Waals surface area (Å²) in [6.45, 7) is 5.58. The lowest BCUT2D eigenvalue weighted by atomic mass is 9.99. The number of anilines is 2. The molecule has 0 radical (unpaired) electrons. The number of likely N-dealkylation sites (N-methyl/N-ethyl adjacent to an activating group) is 1. The number of fused-ring (bicyclic) bond motifs is 1. The molecule has 3 atom stereocenters. The first-order chi connectivity index (χ1) is 19.3. The predicted octanol–water partition coefficient (Wildman–Crippen LogP) is 4.69. The lowest BCUT2D eigenvalue weighted by Crippen LogP contribution is -2.49. The van der Waals surface area contributed by atoms with Gasteiger partial charge in [0.1, 0.15) is 17.6 Å². The quantitative estimate of drug-likeness (QED) is 0.360. The van der Waals surface area contributed by atoms with Crippen molar-refractivity contribution in [2.24, 2.45) is 5.92 Å². The number of benzene rings is 3. The zero-order chi connectivity index (χ0) is 28.6. The van der Waals surface area contributed by atoms with Crippen LogP contribution in [0.2, 0.25) is 0 Å². The van der Waals surface area contributed by atoms with Gasteiger partial charge in [0.2, 0.25) is 0 Å². The highest BCUT2D eigenvalue weighted by atomic mass is 16.5. The van der Waals surface area contributed by atoms with E-state index in [1.165, 1.54) is 5.56 Å². The maximum atomic E-state index is 13.7. The van der Waals surface area contributed by atoms with Crippen LogP contribution in [0.25, 0.3) is 0 Å². The molecule has 1 heterocycles. The normalized spacial score (nSPS) is 17.8. The Balaban J connectivity index is 1.54. The highest BCUT2D eigenvalue weighted by molar-refractivity contribution is 6.02. The molecule has 0 bridgehead atoms. The van der Waals surface area contributed by atoms with E-state index in [9.17, 15) is 14.7 Å². The Morgan fingerprint density at radius 3 is 2.45 bits per heavy atom. The van der Waals surface area contributed by atoms with Crippen LogP contribution in [0.15, 0.2) is 72.8 Å². The number of aliphatic hydroxyl groups is 1. The number of urea groups is 1. The number of nitrogens with zero attached hydrogens (tertiary/aromatic N) is 2. The summed E-state index contributed by atoms with van der Waals surface area (Å²) in [5.41, 5.74) is 2.59. The third kappa shape index (κ3) is 7.31. The molecular formula is C31H38N4O5. The number of rotatable bonds is 9. The van der Waals surface area contributed by atoms with Crippen molar-refractivity contribution in [3.63, 3.8) is 0 Å². The average Bonchev–Trinajstić information content (AvgIpc) is 2.95. The van der Waals surface area contributed by atoms with E-state index in [0.717, 1.165) is 6.54 Å². The van der Waals surface area contributed by atoms with Crippen LogP contribution in [-0.2, 0) is 6.54 Å². The molecule has 212 valence electrons. The lowest BCUT2D eigenvalue weighted by molar-refractivity contribution is 0.0341. The van der Waals surface area contributed by atoms with Crippen LogP contribution < -0.4 is 20.1 Å². The summed E-state index contributed by atoms with van der Waals surface area (Å²) >= 11 is 0. The van der Waals surface area contributed by atoms with Crippen LogP contribution in [0.1, 0.15) is 29.8 Å². The topological polar surface area (TPSA) is 103 Å². The molecule has 3 N–H and O–H groups in total. The average molecular weight is 547 g/mol. The molecule has 9 nitrogen and oxygen atoms in total. The first-order valence-corrected chi connectivity index (χ1v) is 13.4. The van der Waals surface area contributed by atoms with Crippen molar-refractivity contribution in [1.29, 1.82) is 0 Å². The van der Waals surface area contributed by atoms with Gasteiger partial charge in [0.15, 0.2) is 0 Å². The Labute approximate surface area is 235 Å². The van der Waals surface area contributed by atoms with Crippen molar-refractivity contribution >= 4 is 23.3 Å². The summed E-state index contributed by atoms with van der Waals surface area (Å²) in [5, 5.41) is 15.5. The summed E-state index contributed by atoms with van der Waals surface area (Å²) in [6, 6.07) is 21.5. The van der Waals surface area contributed by atoms with Crippen molar-refractivity contribution in [2.75, 3.05) is 44.5 Å². The van der Waals surface area contributed by atoms with Crippen LogP contribution in [-0.4, -0.2) is 72.8 Å². The number of hydrogen-bond donors (Lipinski definition) is 3. The summed E-state index contributed by atoms with van der Waals surface area (Å²) < 4.78 is 11.6. The van der Waals surface area contributed by atoms with E-state index < -0.39 is 6.03 Å². The summed E-state index contributed by atoms with van der Waals surface area (Å²) in [4.78, 5) is 30.3. The van der Waals surface area contributed by atoms with Crippen LogP contribution in [0.5, 0.6) is 11.5 Å². The second-order valence-electron chi connectivity index (χ2n) is 10.3. The van der Waals surface area contributed by atoms with Crippen molar-refractivity contribution in [3.05, 3.63) is 83.9 Å². The zero-order valence-corrected chi connectivity index (χ0v) is 23.5. The highest BCUT2D eigenvalue weighted by Gasteiger charge is 2.33. The monoisotopic (exact) mass is 546 g/mol. The molecular weight excluding hydrogens is 508 g/mol. The molecule has 3 amide bonds. The van der Waals surface area contributed by atoms with E-state index in [4.69, 9.17) is 9.47 Å². The second kappa shape index (κ2) is 13.3. The molecule has 0 aliphatic carbocycles. The molecule has 3 aromatic rings. The first-order valence-electron chi connectivity index (χ1n) is 13.4. The van der Waals surface area contributed by atoms with E-state index in [1.807, 2.05) is 25.1 Å². The lowest BCUT2D eigenvalue weighted by Gasteiger charge is -2.38. The molecule has 0 aromatic heterocycles. The third-order valence-electron chi connectivity index (χ3n) is 7.06. The molecule has 0 unspecified atom stereocenters. The predicted molar refractivity (Wildman–Crippen MR) is 156 cm³/mol. The smallest absolute Gasteiger partial charge is 0.323 e. The molecule has 40 heavy (non-hydrogen) atoms. The number of aliphatic hydroxyl groups excluding tert-OH is 1. The Kier molecular flexibility index (Phi) is 9.63. The second-order valence-corrected chi connectivity index (χ2v) is 10.3. The van der Waals surface area contributed by atoms with Gasteiger partial charge in [-0.05, 0) is 62.0 Å². The number of hydrogen-bond acceptors (Lipinski definition) is 6. The largest absolute Gasteiger partial charge is 0.497 e. The Bertz CT molecular complexity index is 1280. The number of carbonyl (C=O) groups is 2. The molecule has 0 fully saturated rings. The minimum Gasteiger partial charge on any atom is -0.497 e. The fraction of sp³-hybridized carbons (Fsp3) is 0.355. The molecule has 0 saturated carbocycles. The Hall–Kier alpha value is -4.08. The standard InChI is InChI=1S/C31H38N4O5/c1-21-17-35(22(2)20-36)30(37)27-16-25(33-31(38)32-24-10-13-26(39-4)14-11-24)12-15-28(27)40-29(21)19-34(3)18-23-8-6-5-7-9-23/h5-16,21-22,29,36H,17-20H2,1-4H3,(H2,32,33,38)/t21-,22+,29+/m0/s1. The minimum atomic E-state index is -0.445. The Morgan fingerprint density at radius 1 is 1.10 bits per heavy atom. The van der Waals surface area contributed by atoms with Gasteiger partial charge in [0, 0.05) is 36.9 Å². The maximum absolute atomic E-state index is 13.7. The van der Waals surface area contributed by atoms with Gasteiger partial charge in [-0.2, -0.15) is 0 Å². The van der Waals surface area contributed by atoms with Crippen molar-refractivity contribution in [1.82, 2.24) is 9.80 Å². The van der Waals surface area contributed by atoms with Gasteiger partial charge in [-0.3, -0.25) is 9.69 Å². The van der Waals surface area contributed by atoms with Gasteiger partial charge < -0.3 is 30.1 Å². The van der Waals surface area contributed by atoms with E-state index in [0.29, 0.717) is 41.5 Å². The highest BCUT2D eigenvalue weighted by Crippen LogP contribution is 2.31.